The molecule has 0 heterocycles. The molecular formula is C11H15N3O4. The minimum absolute atomic E-state index is 0.0391. The topological polar surface area (TPSA) is 104 Å². The molecule has 3 N–H and O–H groups in total. The van der Waals surface area contributed by atoms with Crippen molar-refractivity contribution in [3.63, 3.8) is 0 Å². The van der Waals surface area contributed by atoms with Gasteiger partial charge < -0.3 is 15.7 Å². The largest absolute Gasteiger partial charge is 0.394 e. The van der Waals surface area contributed by atoms with Crippen LogP contribution in [0, 0.1) is 10.1 Å². The molecular weight excluding hydrogens is 238 g/mol. The van der Waals surface area contributed by atoms with Gasteiger partial charge in [0, 0.05) is 17.8 Å². The van der Waals surface area contributed by atoms with Crippen molar-refractivity contribution in [2.45, 2.75) is 19.4 Å². The molecule has 2 amide bonds. The van der Waals surface area contributed by atoms with Crippen molar-refractivity contribution in [2.24, 2.45) is 0 Å². The van der Waals surface area contributed by atoms with Crippen molar-refractivity contribution in [3.05, 3.63) is 34.4 Å². The number of amides is 2. The highest BCUT2D eigenvalue weighted by atomic mass is 16.6. The molecule has 98 valence electrons. The third kappa shape index (κ3) is 4.02. The standard InChI is InChI=1S/C11H15N3O4/c1-2-8(7-15)12-11(16)13-9-3-5-10(6-4-9)14(17)18/h3-6,8,15H,2,7H2,1H3,(H2,12,13,16)/t8-/m1/s1. The smallest absolute Gasteiger partial charge is 0.319 e. The maximum atomic E-state index is 11.5. The van der Waals surface area contributed by atoms with Gasteiger partial charge in [0.1, 0.15) is 0 Å². The van der Waals surface area contributed by atoms with E-state index in [1.165, 1.54) is 24.3 Å². The maximum Gasteiger partial charge on any atom is 0.319 e. The Hall–Kier alpha value is -2.15. The van der Waals surface area contributed by atoms with E-state index in [2.05, 4.69) is 10.6 Å². The highest BCUT2D eigenvalue weighted by molar-refractivity contribution is 5.89. The Morgan fingerprint density at radius 1 is 1.44 bits per heavy atom. The molecule has 1 aromatic rings. The lowest BCUT2D eigenvalue weighted by Gasteiger charge is -2.14. The van der Waals surface area contributed by atoms with Gasteiger partial charge in [0.15, 0.2) is 0 Å². The fourth-order valence-electron chi connectivity index (χ4n) is 1.30. The van der Waals surface area contributed by atoms with Gasteiger partial charge in [0.2, 0.25) is 0 Å². The van der Waals surface area contributed by atoms with Gasteiger partial charge >= 0.3 is 6.03 Å². The Bertz CT molecular complexity index is 415. The average molecular weight is 253 g/mol. The summed E-state index contributed by atoms with van der Waals surface area (Å²) in [6, 6.07) is 4.74. The number of urea groups is 1. The third-order valence-corrected chi connectivity index (χ3v) is 2.38. The molecule has 0 radical (unpaired) electrons. The zero-order valence-electron chi connectivity index (χ0n) is 9.92. The van der Waals surface area contributed by atoms with Crippen LogP contribution in [0.15, 0.2) is 24.3 Å². The number of hydrogen-bond donors (Lipinski definition) is 3. The van der Waals surface area contributed by atoms with Crippen LogP contribution in [0.3, 0.4) is 0 Å². The molecule has 18 heavy (non-hydrogen) atoms. The number of benzene rings is 1. The summed E-state index contributed by atoms with van der Waals surface area (Å²) < 4.78 is 0. The maximum absolute atomic E-state index is 11.5. The summed E-state index contributed by atoms with van der Waals surface area (Å²) in [5.74, 6) is 0. The minimum Gasteiger partial charge on any atom is -0.394 e. The van der Waals surface area contributed by atoms with E-state index in [1.807, 2.05) is 6.92 Å². The monoisotopic (exact) mass is 253 g/mol. The number of non-ortho nitro benzene ring substituents is 1. The van der Waals surface area contributed by atoms with Gasteiger partial charge in [-0.3, -0.25) is 10.1 Å². The second-order valence-corrected chi connectivity index (χ2v) is 3.69. The second-order valence-electron chi connectivity index (χ2n) is 3.69. The van der Waals surface area contributed by atoms with Crippen LogP contribution in [0.25, 0.3) is 0 Å². The van der Waals surface area contributed by atoms with Crippen molar-refractivity contribution < 1.29 is 14.8 Å². The van der Waals surface area contributed by atoms with Gasteiger partial charge in [-0.15, -0.1) is 0 Å². The van der Waals surface area contributed by atoms with E-state index >= 15 is 0 Å². The lowest BCUT2D eigenvalue weighted by Crippen LogP contribution is -2.39. The Balaban J connectivity index is 2.56. The molecule has 1 rings (SSSR count). The molecule has 0 aliphatic carbocycles. The minimum atomic E-state index is -0.511. The fourth-order valence-corrected chi connectivity index (χ4v) is 1.30. The Kier molecular flexibility index (Phi) is 5.06. The summed E-state index contributed by atoms with van der Waals surface area (Å²) in [6.07, 6.45) is 0.615. The number of rotatable bonds is 5. The molecule has 0 aliphatic heterocycles. The fraction of sp³-hybridized carbons (Fsp3) is 0.364. The summed E-state index contributed by atoms with van der Waals surface area (Å²) >= 11 is 0. The highest BCUT2D eigenvalue weighted by Crippen LogP contribution is 2.15. The molecule has 0 fully saturated rings. The summed E-state index contributed by atoms with van der Waals surface area (Å²) in [7, 11) is 0. The summed E-state index contributed by atoms with van der Waals surface area (Å²) in [4.78, 5) is 21.4. The van der Waals surface area contributed by atoms with Crippen LogP contribution in [0.2, 0.25) is 0 Å². The van der Waals surface area contributed by atoms with E-state index < -0.39 is 11.0 Å². The number of nitrogens with one attached hydrogen (secondary N) is 2. The van der Waals surface area contributed by atoms with Crippen molar-refractivity contribution >= 4 is 17.4 Å². The van der Waals surface area contributed by atoms with Crippen molar-refractivity contribution in [1.29, 1.82) is 0 Å². The Morgan fingerprint density at radius 2 is 2.06 bits per heavy atom. The number of nitro benzene ring substituents is 1. The van der Waals surface area contributed by atoms with Crippen LogP contribution in [0.1, 0.15) is 13.3 Å². The average Bonchev–Trinajstić information content (AvgIpc) is 2.36. The lowest BCUT2D eigenvalue weighted by atomic mass is 10.2. The van der Waals surface area contributed by atoms with Crippen molar-refractivity contribution in [3.8, 4) is 0 Å². The number of carbonyl (C=O) groups is 1. The third-order valence-electron chi connectivity index (χ3n) is 2.38. The number of anilines is 1. The van der Waals surface area contributed by atoms with Gasteiger partial charge in [-0.1, -0.05) is 6.92 Å². The zero-order chi connectivity index (χ0) is 13.5. The Labute approximate surface area is 104 Å². The van der Waals surface area contributed by atoms with E-state index in [0.717, 1.165) is 0 Å². The van der Waals surface area contributed by atoms with E-state index in [9.17, 15) is 14.9 Å². The molecule has 0 saturated heterocycles. The molecule has 0 aliphatic rings. The molecule has 0 spiro atoms. The first kappa shape index (κ1) is 13.9. The summed E-state index contributed by atoms with van der Waals surface area (Å²) in [5.41, 5.74) is 0.411. The second kappa shape index (κ2) is 6.55. The predicted octanol–water partition coefficient (Wildman–Crippen LogP) is 1.49. The first-order chi connectivity index (χ1) is 8.56. The van der Waals surface area contributed by atoms with E-state index in [4.69, 9.17) is 5.11 Å². The van der Waals surface area contributed by atoms with Crippen LogP contribution in [-0.2, 0) is 0 Å². The first-order valence-corrected chi connectivity index (χ1v) is 5.49. The first-order valence-electron chi connectivity index (χ1n) is 5.49. The number of carbonyl (C=O) groups excluding carboxylic acids is 1. The lowest BCUT2D eigenvalue weighted by molar-refractivity contribution is -0.384. The van der Waals surface area contributed by atoms with Crippen LogP contribution in [0.4, 0.5) is 16.2 Å². The number of hydrogen-bond acceptors (Lipinski definition) is 4. The normalized spacial score (nSPS) is 11.7. The Morgan fingerprint density at radius 3 is 2.50 bits per heavy atom. The van der Waals surface area contributed by atoms with Gasteiger partial charge in [0.05, 0.1) is 17.6 Å². The van der Waals surface area contributed by atoms with Gasteiger partial charge in [-0.25, -0.2) is 4.79 Å². The van der Waals surface area contributed by atoms with E-state index in [0.29, 0.717) is 12.1 Å². The summed E-state index contributed by atoms with van der Waals surface area (Å²) in [6.45, 7) is 1.71. The van der Waals surface area contributed by atoms with Crippen LogP contribution in [0.5, 0.6) is 0 Å². The SMILES string of the molecule is CC[C@H](CO)NC(=O)Nc1ccc([N+](=O)[O-])cc1. The molecule has 0 bridgehead atoms. The van der Waals surface area contributed by atoms with Crippen LogP contribution in [-0.4, -0.2) is 28.7 Å². The number of nitro groups is 1. The quantitative estimate of drug-likeness (QED) is 0.546. The molecule has 7 heteroatoms. The highest BCUT2D eigenvalue weighted by Gasteiger charge is 2.10. The van der Waals surface area contributed by atoms with Crippen molar-refractivity contribution in [2.75, 3.05) is 11.9 Å². The zero-order valence-corrected chi connectivity index (χ0v) is 9.92. The van der Waals surface area contributed by atoms with Crippen LogP contribution < -0.4 is 10.6 Å². The number of aliphatic hydroxyl groups excluding tert-OH is 1. The van der Waals surface area contributed by atoms with E-state index in [1.54, 1.807) is 0 Å². The molecule has 0 saturated carbocycles. The molecule has 1 atom stereocenters. The molecule has 7 nitrogen and oxygen atoms in total. The van der Waals surface area contributed by atoms with Crippen LogP contribution >= 0.6 is 0 Å². The van der Waals surface area contributed by atoms with Gasteiger partial charge in [-0.05, 0) is 18.6 Å². The molecule has 1 aromatic carbocycles. The number of nitrogens with zero attached hydrogens (tertiary/aromatic N) is 1. The number of aliphatic hydroxyl groups is 1. The summed E-state index contributed by atoms with van der Waals surface area (Å²) in [5, 5.41) is 24.4. The molecule has 0 unspecified atom stereocenters. The van der Waals surface area contributed by atoms with Gasteiger partial charge in [-0.2, -0.15) is 0 Å². The predicted molar refractivity (Wildman–Crippen MR) is 66.4 cm³/mol. The molecule has 0 aromatic heterocycles. The van der Waals surface area contributed by atoms with Crippen molar-refractivity contribution in [1.82, 2.24) is 5.32 Å². The van der Waals surface area contributed by atoms with Gasteiger partial charge in [0.25, 0.3) is 5.69 Å². The van der Waals surface area contributed by atoms with E-state index in [-0.39, 0.29) is 18.3 Å².